The highest BCUT2D eigenvalue weighted by atomic mass is 14.4. The van der Waals surface area contributed by atoms with Gasteiger partial charge in [-0.15, -0.1) is 0 Å². The average Bonchev–Trinajstić information content (AvgIpc) is 3.51. The van der Waals surface area contributed by atoms with Gasteiger partial charge in [0.25, 0.3) is 0 Å². The molecule has 0 atom stereocenters. The van der Waals surface area contributed by atoms with Gasteiger partial charge in [-0.3, -0.25) is 0 Å². The predicted octanol–water partition coefficient (Wildman–Crippen LogP) is 12.7. The van der Waals surface area contributed by atoms with Gasteiger partial charge in [-0.1, -0.05) is 102 Å². The number of benzene rings is 4. The Morgan fingerprint density at radius 3 is 0.667 bits per heavy atom. The summed E-state index contributed by atoms with van der Waals surface area (Å²) in [6, 6.07) is 23.9. The highest BCUT2D eigenvalue weighted by Crippen LogP contribution is 2.50. The molecule has 0 unspecified atom stereocenters. The van der Waals surface area contributed by atoms with E-state index in [1.807, 2.05) is 0 Å². The van der Waals surface area contributed by atoms with Crippen molar-refractivity contribution in [2.45, 2.75) is 161 Å². The Balaban J connectivity index is 0.00000121. The van der Waals surface area contributed by atoms with E-state index < -0.39 is 0 Å². The van der Waals surface area contributed by atoms with Crippen LogP contribution in [-0.4, -0.2) is 0 Å². The fraction of sp³-hybridized carbons (Fsp3) is 0.500. The molecule has 5 aliphatic rings. The van der Waals surface area contributed by atoms with E-state index in [1.165, 1.54) is 110 Å². The molecule has 8 bridgehead atoms. The summed E-state index contributed by atoms with van der Waals surface area (Å²) in [4.78, 5) is 0. The zero-order valence-corrected chi connectivity index (χ0v) is 32.2. The van der Waals surface area contributed by atoms with Crippen LogP contribution in [0, 0.1) is 11.3 Å². The molecular formula is C50H59N. The van der Waals surface area contributed by atoms with Crippen LogP contribution in [0.2, 0.25) is 0 Å². The second kappa shape index (κ2) is 14.4. The molecule has 4 aromatic carbocycles. The van der Waals surface area contributed by atoms with E-state index in [0.717, 1.165) is 0 Å². The van der Waals surface area contributed by atoms with Gasteiger partial charge in [-0.2, -0.15) is 5.26 Å². The molecule has 0 saturated heterocycles. The summed E-state index contributed by atoms with van der Waals surface area (Å²) >= 11 is 0. The third-order valence-corrected chi connectivity index (χ3v) is 13.6. The van der Waals surface area contributed by atoms with Crippen LogP contribution in [0.15, 0.2) is 48.5 Å². The Hall–Kier alpha value is -3.63. The average molecular weight is 674 g/mol. The van der Waals surface area contributed by atoms with E-state index in [2.05, 4.69) is 76.2 Å². The minimum atomic E-state index is 0.507. The van der Waals surface area contributed by atoms with Gasteiger partial charge >= 0.3 is 0 Å². The molecule has 0 aliphatic heterocycles. The van der Waals surface area contributed by atoms with E-state index in [1.54, 1.807) is 95.1 Å². The van der Waals surface area contributed by atoms with Crippen molar-refractivity contribution in [1.82, 2.24) is 0 Å². The molecule has 0 N–H and O–H groups in total. The van der Waals surface area contributed by atoms with Gasteiger partial charge in [-0.25, -0.2) is 0 Å². The molecule has 9 rings (SSSR count). The standard InChI is InChI=1S/C48H56.C2H3N/c1-5-9-37-41-25-43-31-15-17-33-23-35-19-20-36-24-34-18-16-32-22-30(14-13-29(41)21-31)42(37)26-44(32)39(11-7-3)46(34)28-48(36)40(12-8-4)47(35)27-45(33)38(43)10-6-2;1-2-3/h21-28,37-40H,5-20H2,1-4H3;1H3. The molecule has 0 heterocycles. The summed E-state index contributed by atoms with van der Waals surface area (Å²) in [6.45, 7) is 11.1. The fourth-order valence-corrected chi connectivity index (χ4v) is 11.4. The molecule has 51 heavy (non-hydrogen) atoms. The van der Waals surface area contributed by atoms with Crippen molar-refractivity contribution in [3.8, 4) is 6.07 Å². The molecule has 0 spiro atoms. The van der Waals surface area contributed by atoms with Crippen LogP contribution in [0.4, 0.5) is 0 Å². The predicted molar refractivity (Wildman–Crippen MR) is 214 cm³/mol. The summed E-state index contributed by atoms with van der Waals surface area (Å²) in [7, 11) is 0. The monoisotopic (exact) mass is 673 g/mol. The minimum Gasteiger partial charge on any atom is -0.199 e. The van der Waals surface area contributed by atoms with Crippen molar-refractivity contribution in [2.24, 2.45) is 0 Å². The Kier molecular flexibility index (Phi) is 9.74. The lowest BCUT2D eigenvalue weighted by molar-refractivity contribution is 0.661. The number of hydrogen-bond acceptors (Lipinski definition) is 1. The first-order valence-electron chi connectivity index (χ1n) is 20.9. The lowest BCUT2D eigenvalue weighted by Gasteiger charge is -2.29. The maximum atomic E-state index is 7.32. The highest BCUT2D eigenvalue weighted by Gasteiger charge is 2.35. The third-order valence-electron chi connectivity index (χ3n) is 13.6. The minimum absolute atomic E-state index is 0.507. The van der Waals surface area contributed by atoms with E-state index in [-0.39, 0.29) is 0 Å². The first-order chi connectivity index (χ1) is 25.0. The third kappa shape index (κ3) is 5.90. The zero-order chi connectivity index (χ0) is 35.2. The van der Waals surface area contributed by atoms with E-state index in [9.17, 15) is 0 Å². The number of nitriles is 1. The molecule has 1 nitrogen and oxygen atoms in total. The SMILES string of the molecule is CC#N.CCCC1c2cc3c4cc2CCc2cc5c(cc21)C(CCC)c1cc2c(cc1CC5)CCc1cc(c(cc1C2CCC)C3CCC)CC4. The van der Waals surface area contributed by atoms with Gasteiger partial charge in [0.05, 0.1) is 6.07 Å². The Bertz CT molecular complexity index is 1610. The zero-order valence-electron chi connectivity index (χ0n) is 32.2. The quantitative estimate of drug-likeness (QED) is 0.183. The summed E-state index contributed by atoms with van der Waals surface area (Å²) < 4.78 is 0. The van der Waals surface area contributed by atoms with Gasteiger partial charge in [0.15, 0.2) is 0 Å². The number of rotatable bonds is 8. The van der Waals surface area contributed by atoms with Gasteiger partial charge in [0, 0.05) is 30.6 Å². The maximum Gasteiger partial charge on any atom is 0.0587 e. The van der Waals surface area contributed by atoms with Crippen molar-refractivity contribution in [1.29, 1.82) is 5.26 Å². The van der Waals surface area contributed by atoms with Crippen molar-refractivity contribution in [3.05, 3.63) is 138 Å². The van der Waals surface area contributed by atoms with Gasteiger partial charge in [0.2, 0.25) is 0 Å². The van der Waals surface area contributed by atoms with Crippen molar-refractivity contribution >= 4 is 0 Å². The molecule has 264 valence electrons. The topological polar surface area (TPSA) is 23.8 Å². The highest BCUT2D eigenvalue weighted by molar-refractivity contribution is 5.60. The van der Waals surface area contributed by atoms with Gasteiger partial charge in [0.1, 0.15) is 0 Å². The fourth-order valence-electron chi connectivity index (χ4n) is 11.4. The van der Waals surface area contributed by atoms with Gasteiger partial charge < -0.3 is 0 Å². The largest absolute Gasteiger partial charge is 0.199 e. The van der Waals surface area contributed by atoms with Crippen LogP contribution in [-0.2, 0) is 51.4 Å². The van der Waals surface area contributed by atoms with E-state index in [4.69, 9.17) is 5.26 Å². The molecule has 0 fully saturated rings. The molecule has 0 aromatic heterocycles. The Labute approximate surface area is 308 Å². The Morgan fingerprint density at radius 2 is 0.529 bits per heavy atom. The lowest BCUT2D eigenvalue weighted by atomic mass is 9.75. The number of hydrogen-bond donors (Lipinski definition) is 0. The normalized spacial score (nSPS) is 21.4. The number of aryl methyl sites for hydroxylation is 8. The lowest BCUT2D eigenvalue weighted by Crippen LogP contribution is -2.13. The van der Waals surface area contributed by atoms with Crippen LogP contribution in [0.3, 0.4) is 0 Å². The molecule has 4 aromatic rings. The first kappa shape index (κ1) is 34.5. The smallest absolute Gasteiger partial charge is 0.0587 e. The van der Waals surface area contributed by atoms with Crippen LogP contribution in [0.25, 0.3) is 0 Å². The molecule has 5 aliphatic carbocycles. The summed E-state index contributed by atoms with van der Waals surface area (Å²) in [5, 5.41) is 7.32. The van der Waals surface area contributed by atoms with Crippen LogP contribution in [0.5, 0.6) is 0 Å². The van der Waals surface area contributed by atoms with E-state index >= 15 is 0 Å². The molecule has 0 amide bonds. The Morgan fingerprint density at radius 1 is 0.373 bits per heavy atom. The van der Waals surface area contributed by atoms with Crippen LogP contribution >= 0.6 is 0 Å². The van der Waals surface area contributed by atoms with Crippen LogP contribution in [0.1, 0.15) is 199 Å². The van der Waals surface area contributed by atoms with Crippen molar-refractivity contribution < 1.29 is 0 Å². The number of nitrogens with zero attached hydrogens (tertiary/aromatic N) is 1. The second-order valence-corrected chi connectivity index (χ2v) is 16.6. The maximum absolute atomic E-state index is 7.32. The molecule has 0 radical (unpaired) electrons. The molecule has 1 heteroatoms. The molecular weight excluding hydrogens is 615 g/mol. The first-order valence-corrected chi connectivity index (χ1v) is 20.9. The van der Waals surface area contributed by atoms with Crippen molar-refractivity contribution in [2.75, 3.05) is 0 Å². The molecule has 0 saturated carbocycles. The van der Waals surface area contributed by atoms with Crippen molar-refractivity contribution in [3.63, 3.8) is 0 Å². The summed E-state index contributed by atoms with van der Waals surface area (Å²) in [5.41, 5.74) is 26.7. The summed E-state index contributed by atoms with van der Waals surface area (Å²) in [6.07, 6.45) is 19.5. The van der Waals surface area contributed by atoms with Gasteiger partial charge in [-0.05, 0) is 166 Å². The van der Waals surface area contributed by atoms with E-state index in [0.29, 0.717) is 23.7 Å². The van der Waals surface area contributed by atoms with Crippen LogP contribution < -0.4 is 0 Å². The second-order valence-electron chi connectivity index (χ2n) is 16.6. The summed E-state index contributed by atoms with van der Waals surface area (Å²) in [5.74, 6) is 2.03.